The number of imidazole rings is 2. The van der Waals surface area contributed by atoms with Gasteiger partial charge in [0.15, 0.2) is 22.9 Å². The van der Waals surface area contributed by atoms with Crippen LogP contribution in [0.15, 0.2) is 107 Å². The number of carbonyl (C=O) groups is 4. The van der Waals surface area contributed by atoms with E-state index in [4.69, 9.17) is 33.1 Å². The van der Waals surface area contributed by atoms with Gasteiger partial charge in [-0.05, 0) is 68.0 Å². The van der Waals surface area contributed by atoms with Gasteiger partial charge in [-0.3, -0.25) is 14.4 Å². The van der Waals surface area contributed by atoms with E-state index in [0.29, 0.717) is 53.9 Å². The Morgan fingerprint density at radius 3 is 1.51 bits per heavy atom. The molecule has 0 bridgehead atoms. The second-order valence-electron chi connectivity index (χ2n) is 16.8. The Labute approximate surface area is 412 Å². The zero-order valence-corrected chi connectivity index (χ0v) is 42.0. The second kappa shape index (κ2) is 23.9. The average Bonchev–Trinajstić information content (AvgIpc) is 3.78. The number of nitrogens with one attached hydrogen (secondary N) is 2. The predicted octanol–water partition coefficient (Wildman–Crippen LogP) is 8.79. The number of hydrogen-bond acceptors (Lipinski definition) is 11. The van der Waals surface area contributed by atoms with E-state index in [1.807, 2.05) is 45.7 Å². The normalized spacial score (nSPS) is 11.6. The van der Waals surface area contributed by atoms with Crippen molar-refractivity contribution in [2.75, 3.05) is 6.54 Å². The van der Waals surface area contributed by atoms with E-state index in [0.717, 1.165) is 66.7 Å². The van der Waals surface area contributed by atoms with Gasteiger partial charge in [0.25, 0.3) is 15.9 Å². The number of aldehydes is 2. The highest BCUT2D eigenvalue weighted by Gasteiger charge is 2.24. The summed E-state index contributed by atoms with van der Waals surface area (Å²) in [6.45, 7) is 9.40. The molecular weight excluding hydrogens is 966 g/mol. The molecule has 69 heavy (non-hydrogen) atoms. The summed E-state index contributed by atoms with van der Waals surface area (Å²) < 4.78 is 60.5. The monoisotopic (exact) mass is 1020 g/mol. The van der Waals surface area contributed by atoms with Crippen LogP contribution in [0.1, 0.15) is 104 Å². The van der Waals surface area contributed by atoms with Gasteiger partial charge in [0.1, 0.15) is 35.2 Å². The lowest BCUT2D eigenvalue weighted by Gasteiger charge is -2.19. The molecule has 0 unspecified atom stereocenters. The zero-order chi connectivity index (χ0) is 50.5. The van der Waals surface area contributed by atoms with Crippen LogP contribution < -0.4 is 15.2 Å². The first-order valence-corrected chi connectivity index (χ1v) is 25.8. The standard InChI is InChI=1S/C28H33ClN4O6S.C21H22ClN3O3S/c1-5-6-11-24-31-26(29)22(18-34)33(24)17-19-12-14-20(15-13-19)21-9-7-8-10-23(21)40(37,38)32-25(35)16-30-27(36)39-28(2,3)4;1-2-3-8-20-24-21(22)18(14-26)25(20)13-15-9-11-16(12-10-15)17-6-4-5-7-19(17)29(23,27)28/h7-10,12-15,18H,5-6,11,16-17H2,1-4H3,(H,30,36)(H,32,35);4-7,9-12,14H,2-3,8,13H2,1H3,(H2,23,27,28). The molecule has 2 heterocycles. The Kier molecular flexibility index (Phi) is 18.6. The average molecular weight is 1020 g/mol. The molecule has 4 N–H and O–H groups in total. The van der Waals surface area contributed by atoms with Crippen LogP contribution in [0.5, 0.6) is 0 Å². The van der Waals surface area contributed by atoms with Crippen molar-refractivity contribution in [1.29, 1.82) is 0 Å². The molecule has 0 saturated heterocycles. The molecule has 0 fully saturated rings. The van der Waals surface area contributed by atoms with Crippen LogP contribution in [0.4, 0.5) is 4.79 Å². The Morgan fingerprint density at radius 2 is 1.10 bits per heavy atom. The number of carbonyl (C=O) groups excluding carboxylic acids is 4. The van der Waals surface area contributed by atoms with Gasteiger partial charge in [0.05, 0.1) is 9.79 Å². The fourth-order valence-electron chi connectivity index (χ4n) is 7.14. The number of sulfonamides is 2. The summed E-state index contributed by atoms with van der Waals surface area (Å²) in [5, 5.41) is 7.95. The number of halogens is 2. The van der Waals surface area contributed by atoms with Gasteiger partial charge < -0.3 is 19.2 Å². The number of nitrogens with zero attached hydrogens (tertiary/aromatic N) is 4. The third-order valence-corrected chi connectivity index (χ3v) is 13.4. The van der Waals surface area contributed by atoms with Crippen LogP contribution in [0, 0.1) is 0 Å². The molecule has 16 nitrogen and oxygen atoms in total. The quantitative estimate of drug-likeness (QED) is 0.0649. The Hall–Kier alpha value is -6.18. The fourth-order valence-corrected chi connectivity index (χ4v) is 9.60. The van der Waals surface area contributed by atoms with Crippen molar-refractivity contribution in [2.24, 2.45) is 5.14 Å². The Balaban J connectivity index is 0.000000270. The minimum atomic E-state index is -4.26. The highest BCUT2D eigenvalue weighted by Crippen LogP contribution is 2.30. The maximum Gasteiger partial charge on any atom is 0.408 e. The number of ether oxygens (including phenoxy) is 1. The molecule has 4 aromatic carbocycles. The van der Waals surface area contributed by atoms with Crippen LogP contribution in [0.3, 0.4) is 0 Å². The fraction of sp³-hybridized carbons (Fsp3) is 0.306. The first-order valence-electron chi connectivity index (χ1n) is 22.0. The van der Waals surface area contributed by atoms with Crippen LogP contribution in [-0.4, -0.2) is 72.7 Å². The number of rotatable bonds is 19. The smallest absolute Gasteiger partial charge is 0.408 e. The maximum absolute atomic E-state index is 13.1. The van der Waals surface area contributed by atoms with Crippen molar-refractivity contribution in [2.45, 2.75) is 102 Å². The van der Waals surface area contributed by atoms with Crippen molar-refractivity contribution in [1.82, 2.24) is 29.1 Å². The summed E-state index contributed by atoms with van der Waals surface area (Å²) in [4.78, 5) is 55.9. The van der Waals surface area contributed by atoms with Gasteiger partial charge in [0, 0.05) is 37.1 Å². The first kappa shape index (κ1) is 53.8. The van der Waals surface area contributed by atoms with Crippen LogP contribution in [0.25, 0.3) is 22.3 Å². The van der Waals surface area contributed by atoms with E-state index in [1.54, 1.807) is 73.9 Å². The molecule has 20 heteroatoms. The minimum absolute atomic E-state index is 0.0826. The summed E-state index contributed by atoms with van der Waals surface area (Å²) in [6, 6.07) is 27.5. The Morgan fingerprint density at radius 1 is 0.681 bits per heavy atom. The number of benzene rings is 4. The summed E-state index contributed by atoms with van der Waals surface area (Å²) in [5.41, 5.74) is 3.99. The van der Waals surface area contributed by atoms with Crippen LogP contribution in [0.2, 0.25) is 10.3 Å². The third-order valence-electron chi connectivity index (χ3n) is 10.4. The van der Waals surface area contributed by atoms with Gasteiger partial charge in [-0.2, -0.15) is 0 Å². The number of nitrogens with two attached hydrogens (primary N) is 1. The van der Waals surface area contributed by atoms with Crippen molar-refractivity contribution in [3.63, 3.8) is 0 Å². The van der Waals surface area contributed by atoms with E-state index in [-0.39, 0.29) is 20.1 Å². The maximum atomic E-state index is 13.1. The van der Waals surface area contributed by atoms with Crippen molar-refractivity contribution >= 4 is 67.8 Å². The van der Waals surface area contributed by atoms with Crippen molar-refractivity contribution < 1.29 is 40.8 Å². The third kappa shape index (κ3) is 14.7. The molecule has 366 valence electrons. The largest absolute Gasteiger partial charge is 0.444 e. The highest BCUT2D eigenvalue weighted by molar-refractivity contribution is 7.90. The summed E-state index contributed by atoms with van der Waals surface area (Å²) in [7, 11) is -8.09. The molecular formula is C49H55Cl2N7O9S2. The topological polar surface area (TPSA) is 232 Å². The summed E-state index contributed by atoms with van der Waals surface area (Å²) in [6.07, 6.45) is 5.85. The van der Waals surface area contributed by atoms with E-state index < -0.39 is 44.2 Å². The van der Waals surface area contributed by atoms with Gasteiger partial charge >= 0.3 is 6.09 Å². The van der Waals surface area contributed by atoms with E-state index >= 15 is 0 Å². The molecule has 0 aliphatic rings. The lowest BCUT2D eigenvalue weighted by molar-refractivity contribution is -0.118. The molecule has 6 aromatic rings. The second-order valence-corrected chi connectivity index (χ2v) is 20.7. The lowest BCUT2D eigenvalue weighted by Crippen LogP contribution is -2.41. The number of amides is 2. The van der Waals surface area contributed by atoms with E-state index in [2.05, 4.69) is 29.1 Å². The number of aromatic nitrogens is 4. The molecule has 0 radical (unpaired) electrons. The van der Waals surface area contributed by atoms with Gasteiger partial charge in [-0.1, -0.05) is 135 Å². The molecule has 0 atom stereocenters. The van der Waals surface area contributed by atoms with Crippen molar-refractivity contribution in [3.8, 4) is 22.3 Å². The van der Waals surface area contributed by atoms with Crippen LogP contribution in [-0.2, 0) is 55.5 Å². The minimum Gasteiger partial charge on any atom is -0.444 e. The number of unbranched alkanes of at least 4 members (excludes halogenated alkanes) is 2. The highest BCUT2D eigenvalue weighted by atomic mass is 35.5. The zero-order valence-electron chi connectivity index (χ0n) is 38.9. The molecule has 2 amide bonds. The molecule has 0 aliphatic carbocycles. The Bertz CT molecular complexity index is 3000. The number of alkyl carbamates (subject to hydrolysis) is 1. The summed E-state index contributed by atoms with van der Waals surface area (Å²) >= 11 is 12.3. The first-order chi connectivity index (χ1) is 32.7. The molecule has 6 rings (SSSR count). The molecule has 0 aliphatic heterocycles. The molecule has 0 spiro atoms. The predicted molar refractivity (Wildman–Crippen MR) is 265 cm³/mol. The van der Waals surface area contributed by atoms with Gasteiger partial charge in [0.2, 0.25) is 10.0 Å². The number of primary sulfonamides is 1. The summed E-state index contributed by atoms with van der Waals surface area (Å²) in [5.74, 6) is 0.592. The molecule has 0 saturated carbocycles. The SMILES string of the molecule is CCCCc1nc(Cl)c(C=O)n1Cc1ccc(-c2ccccc2S(=O)(=O)NC(=O)CNC(=O)OC(C)(C)C)cc1.CCCCc1nc(Cl)c(C=O)n1Cc1ccc(-c2ccccc2S(N)(=O)=O)cc1. The number of hydrogen-bond donors (Lipinski definition) is 3. The van der Waals surface area contributed by atoms with E-state index in [9.17, 15) is 36.0 Å². The lowest BCUT2D eigenvalue weighted by atomic mass is 10.0. The number of aryl methyl sites for hydroxylation is 2. The van der Waals surface area contributed by atoms with Crippen molar-refractivity contribution in [3.05, 3.63) is 142 Å². The van der Waals surface area contributed by atoms with Gasteiger partial charge in [-0.25, -0.2) is 41.5 Å². The molecule has 2 aromatic heterocycles. The van der Waals surface area contributed by atoms with E-state index in [1.165, 1.54) is 12.1 Å². The van der Waals surface area contributed by atoms with Gasteiger partial charge in [-0.15, -0.1) is 0 Å². The van der Waals surface area contributed by atoms with Crippen LogP contribution >= 0.6 is 23.2 Å².